The van der Waals surface area contributed by atoms with Crippen LogP contribution in [0.3, 0.4) is 0 Å². The zero-order valence-electron chi connectivity index (χ0n) is 19.0. The lowest BCUT2D eigenvalue weighted by atomic mass is 10.1. The quantitative estimate of drug-likeness (QED) is 0.299. The van der Waals surface area contributed by atoms with Crippen LogP contribution in [0.1, 0.15) is 19.3 Å². The Balaban J connectivity index is 1.33. The van der Waals surface area contributed by atoms with Crippen LogP contribution < -0.4 is 26.4 Å². The first-order chi connectivity index (χ1) is 17.0. The summed E-state index contributed by atoms with van der Waals surface area (Å²) < 4.78 is 6.30. The van der Waals surface area contributed by atoms with Gasteiger partial charge in [0.2, 0.25) is 11.8 Å². The molecular weight excluding hydrogens is 448 g/mol. The Labute approximate surface area is 200 Å². The molecular formula is C24H26N8O3. The maximum Gasteiger partial charge on any atom is 0.241 e. The number of ether oxygens (including phenoxy) is 1. The van der Waals surface area contributed by atoms with Crippen LogP contribution in [0.15, 0.2) is 49.1 Å². The van der Waals surface area contributed by atoms with Crippen molar-refractivity contribution in [2.24, 2.45) is 11.5 Å². The summed E-state index contributed by atoms with van der Waals surface area (Å²) in [4.78, 5) is 41.7. The zero-order chi connectivity index (χ0) is 24.4. The van der Waals surface area contributed by atoms with E-state index >= 15 is 0 Å². The number of hydrogen-bond donors (Lipinski definition) is 4. The first kappa shape index (κ1) is 22.5. The number of nitrogens with two attached hydrogens (primary N) is 2. The molecule has 1 fully saturated rings. The van der Waals surface area contributed by atoms with Gasteiger partial charge in [-0.1, -0.05) is 18.2 Å². The van der Waals surface area contributed by atoms with E-state index in [0.29, 0.717) is 23.7 Å². The molecule has 1 saturated heterocycles. The number of nitrogens with one attached hydrogen (secondary N) is 2. The van der Waals surface area contributed by atoms with Crippen molar-refractivity contribution < 1.29 is 14.3 Å². The van der Waals surface area contributed by atoms with Crippen molar-refractivity contribution >= 4 is 45.3 Å². The van der Waals surface area contributed by atoms with E-state index in [2.05, 4.69) is 30.2 Å². The molecule has 2 amide bonds. The van der Waals surface area contributed by atoms with Gasteiger partial charge in [0.15, 0.2) is 11.5 Å². The highest BCUT2D eigenvalue weighted by Gasteiger charge is 2.28. The summed E-state index contributed by atoms with van der Waals surface area (Å²) in [6.45, 7) is 1.33. The molecule has 4 aromatic rings. The number of primary amides is 1. The van der Waals surface area contributed by atoms with Crippen molar-refractivity contribution in [2.75, 3.05) is 23.4 Å². The summed E-state index contributed by atoms with van der Waals surface area (Å²) in [7, 11) is 0. The SMILES string of the molecule is NC(=O)CC(N)C(=O)Nc1ccc2cccc(OCC3CCCN3c3ncnc4[nH]cnc34)c2c1. The number of nitrogens with zero attached hydrogens (tertiary/aromatic N) is 4. The van der Waals surface area contributed by atoms with E-state index in [1.807, 2.05) is 30.3 Å². The number of benzene rings is 2. The number of carbonyl (C=O) groups is 2. The van der Waals surface area contributed by atoms with E-state index in [-0.39, 0.29) is 12.5 Å². The van der Waals surface area contributed by atoms with Gasteiger partial charge in [0, 0.05) is 17.6 Å². The third-order valence-electron chi connectivity index (χ3n) is 6.15. The number of H-pyrrole nitrogens is 1. The first-order valence-electron chi connectivity index (χ1n) is 11.4. The molecule has 5 rings (SSSR count). The van der Waals surface area contributed by atoms with E-state index in [4.69, 9.17) is 16.2 Å². The van der Waals surface area contributed by atoms with Crippen LogP contribution in [0.2, 0.25) is 0 Å². The molecule has 2 aromatic heterocycles. The van der Waals surface area contributed by atoms with Gasteiger partial charge in [-0.15, -0.1) is 0 Å². The second-order valence-electron chi connectivity index (χ2n) is 8.56. The number of imidazole rings is 1. The Bertz CT molecular complexity index is 1390. The van der Waals surface area contributed by atoms with Crippen molar-refractivity contribution in [1.82, 2.24) is 19.9 Å². The Morgan fingerprint density at radius 2 is 2.11 bits per heavy atom. The fourth-order valence-electron chi connectivity index (χ4n) is 4.43. The average Bonchev–Trinajstić information content (AvgIpc) is 3.51. The monoisotopic (exact) mass is 474 g/mol. The zero-order valence-corrected chi connectivity index (χ0v) is 19.0. The van der Waals surface area contributed by atoms with Crippen molar-refractivity contribution in [2.45, 2.75) is 31.3 Å². The first-order valence-corrected chi connectivity index (χ1v) is 11.4. The molecule has 1 aliphatic heterocycles. The highest BCUT2D eigenvalue weighted by atomic mass is 16.5. The van der Waals surface area contributed by atoms with Gasteiger partial charge in [-0.25, -0.2) is 15.0 Å². The van der Waals surface area contributed by atoms with Crippen molar-refractivity contribution in [3.63, 3.8) is 0 Å². The fourth-order valence-corrected chi connectivity index (χ4v) is 4.43. The normalized spacial score (nSPS) is 16.5. The molecule has 2 aromatic carbocycles. The van der Waals surface area contributed by atoms with Crippen molar-refractivity contribution in [3.05, 3.63) is 49.1 Å². The molecule has 11 heteroatoms. The molecule has 0 aliphatic carbocycles. The molecule has 0 saturated carbocycles. The fraction of sp³-hybridized carbons (Fsp3) is 0.292. The van der Waals surface area contributed by atoms with Gasteiger partial charge in [-0.3, -0.25) is 9.59 Å². The highest BCUT2D eigenvalue weighted by Crippen LogP contribution is 2.31. The summed E-state index contributed by atoms with van der Waals surface area (Å²) in [5.41, 5.74) is 12.9. The van der Waals surface area contributed by atoms with Gasteiger partial charge in [0.25, 0.3) is 0 Å². The molecule has 1 aliphatic rings. The van der Waals surface area contributed by atoms with Crippen molar-refractivity contribution in [3.8, 4) is 5.75 Å². The van der Waals surface area contributed by atoms with Crippen LogP contribution >= 0.6 is 0 Å². The van der Waals surface area contributed by atoms with Crippen LogP contribution in [0, 0.1) is 0 Å². The molecule has 6 N–H and O–H groups in total. The summed E-state index contributed by atoms with van der Waals surface area (Å²) in [5.74, 6) is 0.410. The number of rotatable bonds is 8. The lowest BCUT2D eigenvalue weighted by Gasteiger charge is -2.26. The molecule has 2 atom stereocenters. The number of fused-ring (bicyclic) bond motifs is 2. The third-order valence-corrected chi connectivity index (χ3v) is 6.15. The maximum absolute atomic E-state index is 12.3. The molecule has 0 radical (unpaired) electrons. The Hall–Kier alpha value is -4.25. The number of anilines is 2. The predicted molar refractivity (Wildman–Crippen MR) is 132 cm³/mol. The average molecular weight is 475 g/mol. The van der Waals surface area contributed by atoms with E-state index < -0.39 is 17.9 Å². The minimum Gasteiger partial charge on any atom is -0.491 e. The molecule has 3 heterocycles. The van der Waals surface area contributed by atoms with Crippen LogP contribution in [0.5, 0.6) is 5.75 Å². The highest BCUT2D eigenvalue weighted by molar-refractivity contribution is 6.00. The minimum absolute atomic E-state index is 0.134. The molecule has 180 valence electrons. The second-order valence-corrected chi connectivity index (χ2v) is 8.56. The van der Waals surface area contributed by atoms with Gasteiger partial charge >= 0.3 is 0 Å². The summed E-state index contributed by atoms with van der Waals surface area (Å²) in [6.07, 6.45) is 4.95. The molecule has 11 nitrogen and oxygen atoms in total. The standard InChI is InChI=1S/C24H26N8O3/c25-18(10-20(26)33)24(34)31-15-7-6-14-3-1-5-19(17(14)9-15)35-11-16-4-2-8-32(16)23-21-22(28-12-27-21)29-13-30-23/h1,3,5-7,9,12-13,16,18H,2,4,8,10-11,25H2,(H2,26,33)(H,31,34)(H,27,28,29,30). The van der Waals surface area contributed by atoms with Crippen molar-refractivity contribution in [1.29, 1.82) is 0 Å². The van der Waals surface area contributed by atoms with Gasteiger partial charge < -0.3 is 31.4 Å². The number of hydrogen-bond acceptors (Lipinski definition) is 8. The predicted octanol–water partition coefficient (Wildman–Crippen LogP) is 1.70. The van der Waals surface area contributed by atoms with E-state index in [1.165, 1.54) is 0 Å². The number of amides is 2. The molecule has 2 unspecified atom stereocenters. The minimum atomic E-state index is -1.01. The van der Waals surface area contributed by atoms with Crippen LogP contribution in [-0.4, -0.2) is 57.0 Å². The summed E-state index contributed by atoms with van der Waals surface area (Å²) in [5, 5.41) is 4.58. The maximum atomic E-state index is 12.3. The van der Waals surface area contributed by atoms with Gasteiger partial charge in [-0.2, -0.15) is 0 Å². The van der Waals surface area contributed by atoms with E-state index in [0.717, 1.165) is 41.5 Å². The van der Waals surface area contributed by atoms with Crippen LogP contribution in [-0.2, 0) is 9.59 Å². The lowest BCUT2D eigenvalue weighted by molar-refractivity contribution is -0.123. The van der Waals surface area contributed by atoms with Crippen LogP contribution in [0.4, 0.5) is 11.5 Å². The van der Waals surface area contributed by atoms with Gasteiger partial charge in [0.1, 0.15) is 24.2 Å². The molecule has 35 heavy (non-hydrogen) atoms. The molecule has 0 bridgehead atoms. The second kappa shape index (κ2) is 9.55. The topological polar surface area (TPSA) is 165 Å². The number of aromatic nitrogens is 4. The van der Waals surface area contributed by atoms with Gasteiger partial charge in [-0.05, 0) is 36.4 Å². The van der Waals surface area contributed by atoms with E-state index in [9.17, 15) is 9.59 Å². The third kappa shape index (κ3) is 4.71. The Morgan fingerprint density at radius 1 is 1.23 bits per heavy atom. The number of carbonyl (C=O) groups excluding carboxylic acids is 2. The van der Waals surface area contributed by atoms with E-state index in [1.54, 1.807) is 18.7 Å². The smallest absolute Gasteiger partial charge is 0.241 e. The Kier molecular flexibility index (Phi) is 6.15. The van der Waals surface area contributed by atoms with Crippen LogP contribution in [0.25, 0.3) is 21.9 Å². The largest absolute Gasteiger partial charge is 0.491 e. The lowest BCUT2D eigenvalue weighted by Crippen LogP contribution is -2.38. The Morgan fingerprint density at radius 3 is 2.97 bits per heavy atom. The molecule has 0 spiro atoms. The number of aromatic amines is 1. The summed E-state index contributed by atoms with van der Waals surface area (Å²) in [6, 6.07) is 10.5. The summed E-state index contributed by atoms with van der Waals surface area (Å²) >= 11 is 0. The van der Waals surface area contributed by atoms with Gasteiger partial charge in [0.05, 0.1) is 24.8 Å².